The lowest BCUT2D eigenvalue weighted by Crippen LogP contribution is -2.17. The van der Waals surface area contributed by atoms with Crippen LogP contribution in [0.3, 0.4) is 0 Å². The molecule has 1 nitrogen and oxygen atoms in total. The third kappa shape index (κ3) is 5.51. The quantitative estimate of drug-likeness (QED) is 0.642. The third-order valence-corrected chi connectivity index (χ3v) is 5.12. The van der Waals surface area contributed by atoms with Crippen molar-refractivity contribution in [3.63, 3.8) is 0 Å². The first-order valence-corrected chi connectivity index (χ1v) is 9.13. The lowest BCUT2D eigenvalue weighted by Gasteiger charge is -2.11. The van der Waals surface area contributed by atoms with Crippen LogP contribution in [0.2, 0.25) is 10.0 Å². The van der Waals surface area contributed by atoms with Crippen LogP contribution in [0.1, 0.15) is 18.1 Å². The maximum Gasteiger partial charge on any atom is 0.0461 e. The van der Waals surface area contributed by atoms with Crippen molar-refractivity contribution < 1.29 is 0 Å². The van der Waals surface area contributed by atoms with E-state index in [-0.39, 0.29) is 0 Å². The molecule has 0 saturated heterocycles. The van der Waals surface area contributed by atoms with Crippen LogP contribution in [-0.4, -0.2) is 13.6 Å². The van der Waals surface area contributed by atoms with Crippen LogP contribution >= 0.6 is 35.0 Å². The van der Waals surface area contributed by atoms with E-state index in [1.807, 2.05) is 19.2 Å². The van der Waals surface area contributed by atoms with Crippen LogP contribution in [-0.2, 0) is 12.2 Å². The van der Waals surface area contributed by atoms with Crippen molar-refractivity contribution >= 4 is 35.0 Å². The Balaban J connectivity index is 1.91. The van der Waals surface area contributed by atoms with Crippen LogP contribution in [0, 0.1) is 5.92 Å². The summed E-state index contributed by atoms with van der Waals surface area (Å²) in [5.41, 5.74) is 2.50. The zero-order chi connectivity index (χ0) is 15.9. The van der Waals surface area contributed by atoms with Gasteiger partial charge in [0.05, 0.1) is 0 Å². The Hall–Kier alpha value is -0.670. The van der Waals surface area contributed by atoms with Crippen LogP contribution in [0.15, 0.2) is 47.4 Å². The van der Waals surface area contributed by atoms with Gasteiger partial charge in [0.25, 0.3) is 0 Å². The smallest absolute Gasteiger partial charge is 0.0461 e. The van der Waals surface area contributed by atoms with E-state index in [1.54, 1.807) is 17.8 Å². The maximum atomic E-state index is 6.20. The standard InChI is InChI=1S/C18H21Cl2NS/c1-13(11-21-2)9-14-3-7-17(8-4-14)22-12-15-5-6-16(19)10-18(15)20/h3-8,10,13,21H,9,11-12H2,1-2H3. The van der Waals surface area contributed by atoms with Gasteiger partial charge in [-0.25, -0.2) is 0 Å². The number of hydrogen-bond acceptors (Lipinski definition) is 2. The average Bonchev–Trinajstić information content (AvgIpc) is 2.48. The highest BCUT2D eigenvalue weighted by Gasteiger charge is 2.05. The van der Waals surface area contributed by atoms with Crippen LogP contribution in [0.25, 0.3) is 0 Å². The summed E-state index contributed by atoms with van der Waals surface area (Å²) in [6.45, 7) is 3.31. The van der Waals surface area contributed by atoms with E-state index in [2.05, 4.69) is 36.5 Å². The number of nitrogens with one attached hydrogen (secondary N) is 1. The van der Waals surface area contributed by atoms with Gasteiger partial charge in [0, 0.05) is 20.7 Å². The molecule has 22 heavy (non-hydrogen) atoms. The SMILES string of the molecule is CNCC(C)Cc1ccc(SCc2ccc(Cl)cc2Cl)cc1. The Morgan fingerprint density at radius 3 is 2.45 bits per heavy atom. The van der Waals surface area contributed by atoms with Gasteiger partial charge < -0.3 is 5.32 Å². The minimum Gasteiger partial charge on any atom is -0.319 e. The second kappa shape index (κ2) is 8.83. The van der Waals surface area contributed by atoms with Gasteiger partial charge in [-0.05, 0) is 61.3 Å². The van der Waals surface area contributed by atoms with Crippen molar-refractivity contribution in [1.82, 2.24) is 5.32 Å². The first-order valence-electron chi connectivity index (χ1n) is 7.38. The van der Waals surface area contributed by atoms with Crippen molar-refractivity contribution in [2.45, 2.75) is 24.0 Å². The number of thioether (sulfide) groups is 1. The average molecular weight is 354 g/mol. The molecule has 1 atom stereocenters. The summed E-state index contributed by atoms with van der Waals surface area (Å²) in [6, 6.07) is 14.5. The van der Waals surface area contributed by atoms with E-state index in [1.165, 1.54) is 10.5 Å². The molecule has 0 bridgehead atoms. The van der Waals surface area contributed by atoms with Gasteiger partial charge in [-0.3, -0.25) is 0 Å². The Morgan fingerprint density at radius 1 is 1.09 bits per heavy atom. The summed E-state index contributed by atoms with van der Waals surface area (Å²) in [4.78, 5) is 1.26. The fraction of sp³-hybridized carbons (Fsp3) is 0.333. The molecule has 0 spiro atoms. The minimum absolute atomic E-state index is 0.649. The van der Waals surface area contributed by atoms with Gasteiger partial charge in [-0.15, -0.1) is 11.8 Å². The summed E-state index contributed by atoms with van der Waals surface area (Å²) in [7, 11) is 2.00. The maximum absolute atomic E-state index is 6.20. The molecule has 2 rings (SSSR count). The number of hydrogen-bond donors (Lipinski definition) is 1. The molecule has 118 valence electrons. The molecular weight excluding hydrogens is 333 g/mol. The Labute approximate surface area is 147 Å². The number of rotatable bonds is 7. The van der Waals surface area contributed by atoms with E-state index >= 15 is 0 Å². The van der Waals surface area contributed by atoms with Gasteiger partial charge in [0.2, 0.25) is 0 Å². The minimum atomic E-state index is 0.649. The molecule has 0 radical (unpaired) electrons. The Kier molecular flexibility index (Phi) is 7.10. The molecule has 2 aromatic rings. The van der Waals surface area contributed by atoms with E-state index in [0.29, 0.717) is 10.9 Å². The molecule has 0 fully saturated rings. The highest BCUT2D eigenvalue weighted by Crippen LogP contribution is 2.28. The third-order valence-electron chi connectivity index (χ3n) is 3.47. The summed E-state index contributed by atoms with van der Waals surface area (Å²) in [5.74, 6) is 1.50. The summed E-state index contributed by atoms with van der Waals surface area (Å²) >= 11 is 13.9. The van der Waals surface area contributed by atoms with Crippen molar-refractivity contribution in [3.8, 4) is 0 Å². The van der Waals surface area contributed by atoms with E-state index < -0.39 is 0 Å². The fourth-order valence-corrected chi connectivity index (χ4v) is 3.80. The van der Waals surface area contributed by atoms with Crippen molar-refractivity contribution in [2.24, 2.45) is 5.92 Å². The van der Waals surface area contributed by atoms with Gasteiger partial charge in [-0.2, -0.15) is 0 Å². The van der Waals surface area contributed by atoms with Crippen LogP contribution < -0.4 is 5.32 Å². The fourth-order valence-electron chi connectivity index (χ4n) is 2.34. The highest BCUT2D eigenvalue weighted by molar-refractivity contribution is 7.98. The van der Waals surface area contributed by atoms with E-state index in [4.69, 9.17) is 23.2 Å². The van der Waals surface area contributed by atoms with Gasteiger partial charge in [0.1, 0.15) is 0 Å². The largest absolute Gasteiger partial charge is 0.319 e. The van der Waals surface area contributed by atoms with E-state index in [0.717, 1.165) is 29.3 Å². The Bertz CT molecular complexity index is 599. The van der Waals surface area contributed by atoms with E-state index in [9.17, 15) is 0 Å². The lowest BCUT2D eigenvalue weighted by molar-refractivity contribution is 0.541. The highest BCUT2D eigenvalue weighted by atomic mass is 35.5. The van der Waals surface area contributed by atoms with Crippen molar-refractivity contribution in [2.75, 3.05) is 13.6 Å². The molecule has 0 amide bonds. The molecule has 1 N–H and O–H groups in total. The molecule has 1 unspecified atom stereocenters. The predicted octanol–water partition coefficient (Wildman–Crippen LogP) is 5.68. The number of halogens is 2. The zero-order valence-corrected chi connectivity index (χ0v) is 15.2. The summed E-state index contributed by atoms with van der Waals surface area (Å²) in [5, 5.41) is 4.63. The van der Waals surface area contributed by atoms with Crippen LogP contribution in [0.4, 0.5) is 0 Å². The molecule has 0 aromatic heterocycles. The first-order chi connectivity index (χ1) is 10.6. The van der Waals surface area contributed by atoms with Crippen molar-refractivity contribution in [1.29, 1.82) is 0 Å². The summed E-state index contributed by atoms with van der Waals surface area (Å²) in [6.07, 6.45) is 1.11. The van der Waals surface area contributed by atoms with Crippen molar-refractivity contribution in [3.05, 3.63) is 63.6 Å². The molecule has 0 aliphatic carbocycles. The lowest BCUT2D eigenvalue weighted by atomic mass is 10.0. The molecule has 0 saturated carbocycles. The molecule has 0 aliphatic rings. The topological polar surface area (TPSA) is 12.0 Å². The monoisotopic (exact) mass is 353 g/mol. The molecular formula is C18H21Cl2NS. The normalized spacial score (nSPS) is 12.4. The predicted molar refractivity (Wildman–Crippen MR) is 99.3 cm³/mol. The first kappa shape index (κ1) is 17.7. The second-order valence-electron chi connectivity index (χ2n) is 5.54. The van der Waals surface area contributed by atoms with Gasteiger partial charge in [0.15, 0.2) is 0 Å². The Morgan fingerprint density at radius 2 is 1.82 bits per heavy atom. The molecule has 4 heteroatoms. The second-order valence-corrected chi connectivity index (χ2v) is 7.43. The molecule has 0 aliphatic heterocycles. The van der Waals surface area contributed by atoms with Crippen LogP contribution in [0.5, 0.6) is 0 Å². The van der Waals surface area contributed by atoms with Gasteiger partial charge in [-0.1, -0.05) is 48.3 Å². The molecule has 0 heterocycles. The molecule has 2 aromatic carbocycles. The summed E-state index contributed by atoms with van der Waals surface area (Å²) < 4.78 is 0. The van der Waals surface area contributed by atoms with Gasteiger partial charge >= 0.3 is 0 Å². The number of benzene rings is 2. The zero-order valence-electron chi connectivity index (χ0n) is 12.9.